The highest BCUT2D eigenvalue weighted by atomic mass is 35.5. The first-order chi connectivity index (χ1) is 8.72. The third-order valence-corrected chi connectivity index (χ3v) is 3.85. The fraction of sp³-hybridized carbons (Fsp3) is 0.667. The highest BCUT2D eigenvalue weighted by Gasteiger charge is 2.32. The Hall–Kier alpha value is -0.350. The molecule has 0 spiro atoms. The summed E-state index contributed by atoms with van der Waals surface area (Å²) in [6.45, 7) is 5.43. The Morgan fingerprint density at radius 3 is 2.50 bits per heavy atom. The van der Waals surface area contributed by atoms with E-state index < -0.39 is 5.60 Å². The van der Waals surface area contributed by atoms with Crippen molar-refractivity contribution in [2.45, 2.75) is 44.6 Å². The van der Waals surface area contributed by atoms with E-state index in [0.717, 1.165) is 31.6 Å². The maximum absolute atomic E-state index is 10.6. The summed E-state index contributed by atoms with van der Waals surface area (Å²) in [6.07, 6.45) is 6.73. The highest BCUT2D eigenvalue weighted by Crippen LogP contribution is 2.25. The molecule has 0 bridgehead atoms. The van der Waals surface area contributed by atoms with Gasteiger partial charge in [0.2, 0.25) is 0 Å². The predicted molar refractivity (Wildman–Crippen MR) is 88.0 cm³/mol. The summed E-state index contributed by atoms with van der Waals surface area (Å²) < 4.78 is 0. The second-order valence-electron chi connectivity index (χ2n) is 5.42. The molecule has 1 aromatic heterocycles. The molecule has 0 aliphatic carbocycles. The zero-order chi connectivity index (χ0) is 12.8. The lowest BCUT2D eigenvalue weighted by atomic mass is 9.87. The molecule has 1 fully saturated rings. The Kier molecular flexibility index (Phi) is 9.39. The van der Waals surface area contributed by atoms with Crippen LogP contribution >= 0.6 is 24.8 Å². The van der Waals surface area contributed by atoms with Gasteiger partial charge >= 0.3 is 0 Å². The van der Waals surface area contributed by atoms with Gasteiger partial charge in [0.05, 0.1) is 5.60 Å². The summed E-state index contributed by atoms with van der Waals surface area (Å²) in [5, 5.41) is 10.6. The number of hydrogen-bond acceptors (Lipinski definition) is 3. The van der Waals surface area contributed by atoms with Crippen molar-refractivity contribution in [1.29, 1.82) is 0 Å². The van der Waals surface area contributed by atoms with E-state index >= 15 is 0 Å². The van der Waals surface area contributed by atoms with Gasteiger partial charge in [-0.1, -0.05) is 19.4 Å². The molecule has 2 rings (SSSR count). The van der Waals surface area contributed by atoms with E-state index in [9.17, 15) is 5.11 Å². The number of aliphatic hydroxyl groups is 1. The molecule has 0 saturated carbocycles. The highest BCUT2D eigenvalue weighted by molar-refractivity contribution is 5.85. The monoisotopic (exact) mass is 320 g/mol. The van der Waals surface area contributed by atoms with Crippen LogP contribution in [0.5, 0.6) is 0 Å². The summed E-state index contributed by atoms with van der Waals surface area (Å²) in [4.78, 5) is 6.78. The van der Waals surface area contributed by atoms with Crippen molar-refractivity contribution >= 4 is 24.8 Å². The van der Waals surface area contributed by atoms with E-state index in [1.165, 1.54) is 19.4 Å². The summed E-state index contributed by atoms with van der Waals surface area (Å²) in [7, 11) is 0. The number of aromatic nitrogens is 1. The largest absolute Gasteiger partial charge is 0.389 e. The Morgan fingerprint density at radius 2 is 1.95 bits per heavy atom. The van der Waals surface area contributed by atoms with Crippen LogP contribution in [0.15, 0.2) is 24.4 Å². The maximum atomic E-state index is 10.6. The van der Waals surface area contributed by atoms with Crippen LogP contribution in [0, 0.1) is 0 Å². The first kappa shape index (κ1) is 19.7. The van der Waals surface area contributed by atoms with Crippen molar-refractivity contribution in [2.24, 2.45) is 0 Å². The zero-order valence-corrected chi connectivity index (χ0v) is 13.8. The van der Waals surface area contributed by atoms with Gasteiger partial charge in [-0.25, -0.2) is 0 Å². The zero-order valence-electron chi connectivity index (χ0n) is 12.1. The van der Waals surface area contributed by atoms with Crippen molar-refractivity contribution < 1.29 is 5.11 Å². The number of likely N-dealkylation sites (tertiary alicyclic amines) is 1. The van der Waals surface area contributed by atoms with Crippen LogP contribution in [0.25, 0.3) is 0 Å². The number of nitrogens with zero attached hydrogens (tertiary/aromatic N) is 2. The second kappa shape index (κ2) is 9.56. The summed E-state index contributed by atoms with van der Waals surface area (Å²) in [6, 6.07) is 5.91. The normalized spacial score (nSPS) is 17.9. The van der Waals surface area contributed by atoms with E-state index in [1.54, 1.807) is 6.20 Å². The van der Waals surface area contributed by atoms with Gasteiger partial charge in [-0.05, 0) is 37.9 Å². The average Bonchev–Trinajstić information content (AvgIpc) is 2.39. The van der Waals surface area contributed by atoms with Gasteiger partial charge in [0.1, 0.15) is 0 Å². The SMILES string of the molecule is CCCCN1CCC(O)(Cc2ccccn2)CC1.Cl.Cl. The molecule has 116 valence electrons. The van der Waals surface area contributed by atoms with Gasteiger partial charge < -0.3 is 10.0 Å². The molecule has 0 amide bonds. The molecule has 1 saturated heterocycles. The van der Waals surface area contributed by atoms with E-state index in [4.69, 9.17) is 0 Å². The number of halogens is 2. The van der Waals surface area contributed by atoms with E-state index in [0.29, 0.717) is 6.42 Å². The van der Waals surface area contributed by atoms with Crippen molar-refractivity contribution in [3.8, 4) is 0 Å². The third kappa shape index (κ3) is 5.96. The van der Waals surface area contributed by atoms with Gasteiger partial charge in [0.15, 0.2) is 0 Å². The molecule has 2 heterocycles. The van der Waals surface area contributed by atoms with Crippen molar-refractivity contribution in [2.75, 3.05) is 19.6 Å². The first-order valence-electron chi connectivity index (χ1n) is 7.06. The topological polar surface area (TPSA) is 36.4 Å². The van der Waals surface area contributed by atoms with Crippen LogP contribution in [-0.2, 0) is 6.42 Å². The van der Waals surface area contributed by atoms with Crippen molar-refractivity contribution in [1.82, 2.24) is 9.88 Å². The van der Waals surface area contributed by atoms with E-state index in [-0.39, 0.29) is 24.8 Å². The lowest BCUT2D eigenvalue weighted by Crippen LogP contribution is -2.46. The molecule has 0 atom stereocenters. The Bertz CT molecular complexity index is 354. The van der Waals surface area contributed by atoms with E-state index in [2.05, 4.69) is 16.8 Å². The van der Waals surface area contributed by atoms with Gasteiger partial charge in [0, 0.05) is 31.4 Å². The summed E-state index contributed by atoms with van der Waals surface area (Å²) in [5.74, 6) is 0. The fourth-order valence-corrected chi connectivity index (χ4v) is 2.59. The first-order valence-corrected chi connectivity index (χ1v) is 7.06. The number of hydrogen-bond donors (Lipinski definition) is 1. The molecular formula is C15H26Cl2N2O. The lowest BCUT2D eigenvalue weighted by Gasteiger charge is -2.38. The van der Waals surface area contributed by atoms with Gasteiger partial charge in [0.25, 0.3) is 0 Å². The maximum Gasteiger partial charge on any atom is 0.0727 e. The molecule has 1 aliphatic heterocycles. The molecule has 3 nitrogen and oxygen atoms in total. The smallest absolute Gasteiger partial charge is 0.0727 e. The third-order valence-electron chi connectivity index (χ3n) is 3.85. The molecule has 1 aliphatic rings. The molecule has 20 heavy (non-hydrogen) atoms. The molecular weight excluding hydrogens is 295 g/mol. The summed E-state index contributed by atoms with van der Waals surface area (Å²) in [5.41, 5.74) is 0.457. The van der Waals surface area contributed by atoms with Gasteiger partial charge in [-0.3, -0.25) is 4.98 Å². The minimum absolute atomic E-state index is 0. The number of rotatable bonds is 5. The molecule has 0 radical (unpaired) electrons. The molecule has 1 N–H and O–H groups in total. The standard InChI is InChI=1S/C15H24N2O.2ClH/c1-2-3-10-17-11-7-15(18,8-12-17)13-14-6-4-5-9-16-14;;/h4-6,9,18H,2-3,7-8,10-13H2,1H3;2*1H. The quantitative estimate of drug-likeness (QED) is 0.905. The number of pyridine rings is 1. The number of piperidine rings is 1. The Morgan fingerprint density at radius 1 is 1.25 bits per heavy atom. The van der Waals surface area contributed by atoms with Crippen LogP contribution in [0.2, 0.25) is 0 Å². The van der Waals surface area contributed by atoms with Crippen molar-refractivity contribution in [3.63, 3.8) is 0 Å². The van der Waals surface area contributed by atoms with Crippen LogP contribution in [0.1, 0.15) is 38.3 Å². The lowest BCUT2D eigenvalue weighted by molar-refractivity contribution is -0.0214. The van der Waals surface area contributed by atoms with Crippen molar-refractivity contribution in [3.05, 3.63) is 30.1 Å². The molecule has 5 heteroatoms. The predicted octanol–water partition coefficient (Wildman–Crippen LogP) is 3.09. The minimum atomic E-state index is -0.545. The van der Waals surface area contributed by atoms with Crippen LogP contribution < -0.4 is 0 Å². The molecule has 0 aromatic carbocycles. The van der Waals surface area contributed by atoms with Gasteiger partial charge in [-0.2, -0.15) is 0 Å². The fourth-order valence-electron chi connectivity index (χ4n) is 2.59. The number of unbranched alkanes of at least 4 members (excludes halogenated alkanes) is 1. The Labute approximate surface area is 134 Å². The molecule has 0 unspecified atom stereocenters. The van der Waals surface area contributed by atoms with Gasteiger partial charge in [-0.15, -0.1) is 24.8 Å². The van der Waals surface area contributed by atoms with E-state index in [1.807, 2.05) is 18.2 Å². The second-order valence-corrected chi connectivity index (χ2v) is 5.42. The van der Waals surface area contributed by atoms with Crippen LogP contribution in [-0.4, -0.2) is 40.2 Å². The van der Waals surface area contributed by atoms with Crippen LogP contribution in [0.4, 0.5) is 0 Å². The molecule has 1 aromatic rings. The average molecular weight is 321 g/mol. The Balaban J connectivity index is 0.00000180. The van der Waals surface area contributed by atoms with Crippen LogP contribution in [0.3, 0.4) is 0 Å². The minimum Gasteiger partial charge on any atom is -0.389 e. The summed E-state index contributed by atoms with van der Waals surface area (Å²) >= 11 is 0.